The Morgan fingerprint density at radius 2 is 1.83 bits per heavy atom. The molecule has 4 amide bonds. The first kappa shape index (κ1) is 16.7. The van der Waals surface area contributed by atoms with Crippen molar-refractivity contribution in [3.8, 4) is 0 Å². The minimum absolute atomic E-state index is 0.0317. The lowest BCUT2D eigenvalue weighted by Gasteiger charge is -2.10. The third-order valence-electron chi connectivity index (χ3n) is 2.74. The van der Waals surface area contributed by atoms with Crippen LogP contribution in [-0.2, 0) is 9.53 Å². The summed E-state index contributed by atoms with van der Waals surface area (Å²) >= 11 is 0. The average Bonchev–Trinajstić information content (AvgIpc) is 3.07. The summed E-state index contributed by atoms with van der Waals surface area (Å²) in [5.41, 5.74) is 4.98. The molecule has 0 fully saturated rings. The third-order valence-corrected chi connectivity index (χ3v) is 2.74. The van der Waals surface area contributed by atoms with Crippen molar-refractivity contribution < 1.29 is 28.3 Å². The second-order valence-corrected chi connectivity index (χ2v) is 4.47. The van der Waals surface area contributed by atoms with E-state index in [0.717, 1.165) is 0 Å². The number of benzene rings is 1. The van der Waals surface area contributed by atoms with Crippen LogP contribution in [0.1, 0.15) is 20.9 Å². The van der Waals surface area contributed by atoms with Gasteiger partial charge >= 0.3 is 12.0 Å². The van der Waals surface area contributed by atoms with Gasteiger partial charge in [0.1, 0.15) is 0 Å². The van der Waals surface area contributed by atoms with Crippen LogP contribution in [0.2, 0.25) is 0 Å². The molecule has 0 radical (unpaired) electrons. The van der Waals surface area contributed by atoms with Gasteiger partial charge in [-0.25, -0.2) is 9.59 Å². The lowest BCUT2D eigenvalue weighted by Crippen LogP contribution is -2.37. The van der Waals surface area contributed by atoms with Crippen LogP contribution in [0, 0.1) is 0 Å². The zero-order valence-corrected chi connectivity index (χ0v) is 12.3. The third kappa shape index (κ3) is 4.44. The van der Waals surface area contributed by atoms with Crippen molar-refractivity contribution >= 4 is 29.5 Å². The van der Waals surface area contributed by atoms with E-state index in [-0.39, 0.29) is 17.0 Å². The molecule has 4 N–H and O–H groups in total. The smallest absolute Gasteiger partial charge is 0.340 e. The number of rotatable bonds is 5. The molecule has 0 bridgehead atoms. The maximum Gasteiger partial charge on any atom is 0.340 e. The van der Waals surface area contributed by atoms with E-state index in [4.69, 9.17) is 14.9 Å². The Labute approximate surface area is 135 Å². The molecular formula is C15H13N3O6. The lowest BCUT2D eigenvalue weighted by molar-refractivity contribution is -0.123. The van der Waals surface area contributed by atoms with Crippen LogP contribution in [0.25, 0.3) is 0 Å². The van der Waals surface area contributed by atoms with Crippen molar-refractivity contribution in [2.45, 2.75) is 0 Å². The molecule has 0 aliphatic heterocycles. The summed E-state index contributed by atoms with van der Waals surface area (Å²) in [6, 6.07) is 8.02. The lowest BCUT2D eigenvalue weighted by atomic mass is 10.1. The fourth-order valence-corrected chi connectivity index (χ4v) is 1.74. The zero-order valence-electron chi connectivity index (χ0n) is 12.3. The molecule has 1 aromatic heterocycles. The number of imide groups is 1. The highest BCUT2D eigenvalue weighted by molar-refractivity contribution is 6.07. The van der Waals surface area contributed by atoms with Gasteiger partial charge in [-0.1, -0.05) is 12.1 Å². The first-order valence-corrected chi connectivity index (χ1v) is 6.67. The van der Waals surface area contributed by atoms with Crippen molar-refractivity contribution in [2.24, 2.45) is 5.73 Å². The second-order valence-electron chi connectivity index (χ2n) is 4.47. The molecule has 0 saturated heterocycles. The van der Waals surface area contributed by atoms with Gasteiger partial charge in [-0.2, -0.15) is 0 Å². The number of urea groups is 1. The number of ether oxygens (including phenoxy) is 1. The molecule has 0 aliphatic rings. The molecule has 124 valence electrons. The SMILES string of the molecule is NC(=O)NC(=O)COC(=O)c1ccccc1NC(=O)c1ccco1. The van der Waals surface area contributed by atoms with Gasteiger partial charge in [0.2, 0.25) is 0 Å². The zero-order chi connectivity index (χ0) is 17.5. The fourth-order valence-electron chi connectivity index (χ4n) is 1.74. The van der Waals surface area contributed by atoms with Gasteiger partial charge in [0, 0.05) is 0 Å². The summed E-state index contributed by atoms with van der Waals surface area (Å²) in [7, 11) is 0. The minimum Gasteiger partial charge on any atom is -0.459 e. The summed E-state index contributed by atoms with van der Waals surface area (Å²) < 4.78 is 9.73. The number of nitrogens with one attached hydrogen (secondary N) is 2. The summed E-state index contributed by atoms with van der Waals surface area (Å²) in [6.45, 7) is -0.692. The molecule has 1 heterocycles. The van der Waals surface area contributed by atoms with E-state index < -0.39 is 30.4 Å². The Morgan fingerprint density at radius 3 is 2.50 bits per heavy atom. The maximum atomic E-state index is 12.0. The van der Waals surface area contributed by atoms with Crippen LogP contribution < -0.4 is 16.4 Å². The Kier molecular flexibility index (Phi) is 5.29. The van der Waals surface area contributed by atoms with Gasteiger partial charge in [-0.15, -0.1) is 0 Å². The number of para-hydroxylation sites is 1. The first-order chi connectivity index (χ1) is 11.5. The van der Waals surface area contributed by atoms with Gasteiger partial charge in [-0.05, 0) is 24.3 Å². The number of hydrogen-bond donors (Lipinski definition) is 3. The van der Waals surface area contributed by atoms with Crippen LogP contribution in [0.5, 0.6) is 0 Å². The molecule has 0 spiro atoms. The van der Waals surface area contributed by atoms with Crippen molar-refractivity contribution in [3.63, 3.8) is 0 Å². The number of carbonyl (C=O) groups is 4. The van der Waals surface area contributed by atoms with E-state index in [1.54, 1.807) is 23.5 Å². The Bertz CT molecular complexity index is 769. The molecule has 2 rings (SSSR count). The quantitative estimate of drug-likeness (QED) is 0.695. The van der Waals surface area contributed by atoms with Gasteiger partial charge in [0.25, 0.3) is 11.8 Å². The van der Waals surface area contributed by atoms with Crippen molar-refractivity contribution in [1.82, 2.24) is 5.32 Å². The number of anilines is 1. The summed E-state index contributed by atoms with van der Waals surface area (Å²) in [6.07, 6.45) is 1.34. The summed E-state index contributed by atoms with van der Waals surface area (Å²) in [4.78, 5) is 45.7. The highest BCUT2D eigenvalue weighted by atomic mass is 16.5. The average molecular weight is 331 g/mol. The molecule has 9 nitrogen and oxygen atoms in total. The molecular weight excluding hydrogens is 318 g/mol. The highest BCUT2D eigenvalue weighted by Crippen LogP contribution is 2.17. The van der Waals surface area contributed by atoms with Gasteiger partial charge in [0.15, 0.2) is 12.4 Å². The van der Waals surface area contributed by atoms with E-state index in [1.807, 2.05) is 0 Å². The number of furan rings is 1. The molecule has 0 saturated carbocycles. The van der Waals surface area contributed by atoms with E-state index in [0.29, 0.717) is 0 Å². The largest absolute Gasteiger partial charge is 0.459 e. The van der Waals surface area contributed by atoms with Crippen LogP contribution in [-0.4, -0.2) is 30.4 Å². The molecule has 0 aliphatic carbocycles. The standard InChI is InChI=1S/C15H13N3O6/c16-15(22)18-12(19)8-24-14(21)9-4-1-2-5-10(9)17-13(20)11-6-3-7-23-11/h1-7H,8H2,(H,17,20)(H3,16,18,19,22). The highest BCUT2D eigenvalue weighted by Gasteiger charge is 2.17. The van der Waals surface area contributed by atoms with Crippen molar-refractivity contribution in [1.29, 1.82) is 0 Å². The predicted octanol–water partition coefficient (Wildman–Crippen LogP) is 0.884. The monoisotopic (exact) mass is 331 g/mol. The Morgan fingerprint density at radius 1 is 1.08 bits per heavy atom. The number of carbonyl (C=O) groups excluding carboxylic acids is 4. The normalized spacial score (nSPS) is 9.83. The van der Waals surface area contributed by atoms with Crippen molar-refractivity contribution in [2.75, 3.05) is 11.9 Å². The number of hydrogen-bond acceptors (Lipinski definition) is 6. The fraction of sp³-hybridized carbons (Fsp3) is 0.0667. The van der Waals surface area contributed by atoms with E-state index in [2.05, 4.69) is 5.32 Å². The van der Waals surface area contributed by atoms with Crippen LogP contribution in [0.3, 0.4) is 0 Å². The van der Waals surface area contributed by atoms with Gasteiger partial charge in [-0.3, -0.25) is 14.9 Å². The summed E-state index contributed by atoms with van der Waals surface area (Å²) in [5.74, 6) is -2.20. The topological polar surface area (TPSA) is 141 Å². The van der Waals surface area contributed by atoms with Crippen LogP contribution >= 0.6 is 0 Å². The Hall–Kier alpha value is -3.62. The number of esters is 1. The van der Waals surface area contributed by atoms with E-state index in [1.165, 1.54) is 24.5 Å². The molecule has 24 heavy (non-hydrogen) atoms. The summed E-state index contributed by atoms with van der Waals surface area (Å²) in [5, 5.41) is 4.26. The molecule has 9 heteroatoms. The number of nitrogens with two attached hydrogens (primary N) is 1. The molecule has 0 atom stereocenters. The first-order valence-electron chi connectivity index (χ1n) is 6.67. The molecule has 0 unspecified atom stereocenters. The maximum absolute atomic E-state index is 12.0. The Balaban J connectivity index is 2.05. The number of amides is 4. The number of primary amides is 1. The second kappa shape index (κ2) is 7.58. The van der Waals surface area contributed by atoms with Crippen LogP contribution in [0.4, 0.5) is 10.5 Å². The molecule has 1 aromatic carbocycles. The van der Waals surface area contributed by atoms with E-state index >= 15 is 0 Å². The van der Waals surface area contributed by atoms with Crippen LogP contribution in [0.15, 0.2) is 47.1 Å². The van der Waals surface area contributed by atoms with E-state index in [9.17, 15) is 19.2 Å². The van der Waals surface area contributed by atoms with Gasteiger partial charge in [0.05, 0.1) is 17.5 Å². The van der Waals surface area contributed by atoms with Gasteiger partial charge < -0.3 is 20.2 Å². The molecule has 2 aromatic rings. The predicted molar refractivity (Wildman–Crippen MR) is 81.1 cm³/mol. The van der Waals surface area contributed by atoms with Crippen molar-refractivity contribution in [3.05, 3.63) is 54.0 Å². The minimum atomic E-state index is -1.05.